The topological polar surface area (TPSA) is 63.4 Å². The summed E-state index contributed by atoms with van der Waals surface area (Å²) in [5.41, 5.74) is 0.864. The van der Waals surface area contributed by atoms with Crippen molar-refractivity contribution in [3.8, 4) is 0 Å². The van der Waals surface area contributed by atoms with Crippen molar-refractivity contribution in [2.45, 2.75) is 40.2 Å². The smallest absolute Gasteiger partial charge is 0.272 e. The first kappa shape index (κ1) is 14.0. The summed E-state index contributed by atoms with van der Waals surface area (Å²) in [4.78, 5) is 10.6. The molecule has 1 fully saturated rings. The van der Waals surface area contributed by atoms with E-state index >= 15 is 0 Å². The molecule has 0 spiro atoms. The van der Waals surface area contributed by atoms with Crippen LogP contribution in [0.3, 0.4) is 0 Å². The van der Waals surface area contributed by atoms with Crippen molar-refractivity contribution in [1.82, 2.24) is 0 Å². The van der Waals surface area contributed by atoms with Gasteiger partial charge in [-0.3, -0.25) is 10.1 Å². The lowest BCUT2D eigenvalue weighted by atomic mass is 9.98. The summed E-state index contributed by atoms with van der Waals surface area (Å²) in [6.07, 6.45) is -0.194. The van der Waals surface area contributed by atoms with Crippen molar-refractivity contribution < 1.29 is 10.0 Å². The molecule has 1 atom stereocenters. The second-order valence-electron chi connectivity index (χ2n) is 6.58. The maximum Gasteiger partial charge on any atom is 0.272 e. The number of aliphatic hydroxyl groups excluding tert-OH is 1. The van der Waals surface area contributed by atoms with E-state index < -0.39 is 6.10 Å². The largest absolute Gasteiger partial charge is 0.392 e. The fourth-order valence-corrected chi connectivity index (χ4v) is 3.41. The molecule has 4 nitrogen and oxygen atoms in total. The second-order valence-corrected chi connectivity index (χ2v) is 6.58. The minimum Gasteiger partial charge on any atom is -0.392 e. The van der Waals surface area contributed by atoms with Crippen LogP contribution in [-0.4, -0.2) is 16.1 Å². The van der Waals surface area contributed by atoms with Crippen molar-refractivity contribution in [2.24, 2.45) is 16.7 Å². The Morgan fingerprint density at radius 1 is 1.26 bits per heavy atom. The third-order valence-corrected chi connectivity index (χ3v) is 5.13. The molecule has 104 valence electrons. The first-order valence-electron chi connectivity index (χ1n) is 6.60. The summed E-state index contributed by atoms with van der Waals surface area (Å²) in [5.74, 6) is 0.180. The van der Waals surface area contributed by atoms with Crippen LogP contribution >= 0.6 is 0 Å². The Labute approximate surface area is 113 Å². The predicted molar refractivity (Wildman–Crippen MR) is 73.9 cm³/mol. The van der Waals surface area contributed by atoms with E-state index in [4.69, 9.17) is 0 Å². The molecule has 1 saturated carbocycles. The zero-order valence-electron chi connectivity index (χ0n) is 11.9. The lowest BCUT2D eigenvalue weighted by Gasteiger charge is -2.12. The van der Waals surface area contributed by atoms with Gasteiger partial charge in [-0.05, 0) is 16.7 Å². The van der Waals surface area contributed by atoms with Crippen LogP contribution in [0.25, 0.3) is 0 Å². The number of aliphatic hydroxyl groups is 1. The number of rotatable bonds is 4. The minimum absolute atomic E-state index is 0.0793. The molecule has 1 N–H and O–H groups in total. The summed E-state index contributed by atoms with van der Waals surface area (Å²) in [5, 5.41) is 21.4. The number of para-hydroxylation sites is 1. The SMILES string of the molecule is CC1(C)C(C(O)Cc2ccccc2[N+](=O)[O-])C1(C)C. The third kappa shape index (κ3) is 2.14. The van der Waals surface area contributed by atoms with Gasteiger partial charge in [0.2, 0.25) is 0 Å². The van der Waals surface area contributed by atoms with Gasteiger partial charge in [0.15, 0.2) is 0 Å². The molecule has 0 aromatic heterocycles. The Kier molecular flexibility index (Phi) is 3.17. The summed E-state index contributed by atoms with van der Waals surface area (Å²) >= 11 is 0. The quantitative estimate of drug-likeness (QED) is 0.670. The fourth-order valence-electron chi connectivity index (χ4n) is 3.41. The monoisotopic (exact) mass is 263 g/mol. The molecule has 0 aliphatic heterocycles. The third-order valence-electron chi connectivity index (χ3n) is 5.13. The van der Waals surface area contributed by atoms with Crippen LogP contribution in [0.1, 0.15) is 33.3 Å². The van der Waals surface area contributed by atoms with Gasteiger partial charge in [-0.15, -0.1) is 0 Å². The summed E-state index contributed by atoms with van der Waals surface area (Å²) in [6, 6.07) is 6.65. The predicted octanol–water partition coefficient (Wildman–Crippen LogP) is 3.18. The van der Waals surface area contributed by atoms with Crippen molar-refractivity contribution in [1.29, 1.82) is 0 Å². The van der Waals surface area contributed by atoms with Gasteiger partial charge in [-0.25, -0.2) is 0 Å². The number of nitro benzene ring substituents is 1. The Hall–Kier alpha value is -1.42. The lowest BCUT2D eigenvalue weighted by molar-refractivity contribution is -0.385. The van der Waals surface area contributed by atoms with Gasteiger partial charge in [0, 0.05) is 18.1 Å². The summed E-state index contributed by atoms with van der Waals surface area (Å²) in [7, 11) is 0. The van der Waals surface area contributed by atoms with Crippen molar-refractivity contribution >= 4 is 5.69 Å². The standard InChI is InChI=1S/C15H21NO3/c1-14(2)13(15(14,3)4)12(17)9-10-7-5-6-8-11(10)16(18)19/h5-8,12-13,17H,9H2,1-4H3. The number of nitrogens with zero attached hydrogens (tertiary/aromatic N) is 1. The first-order valence-corrected chi connectivity index (χ1v) is 6.60. The lowest BCUT2D eigenvalue weighted by Crippen LogP contribution is -2.18. The van der Waals surface area contributed by atoms with Crippen LogP contribution in [0.4, 0.5) is 5.69 Å². The van der Waals surface area contributed by atoms with Gasteiger partial charge in [0.05, 0.1) is 11.0 Å². The van der Waals surface area contributed by atoms with E-state index in [0.29, 0.717) is 12.0 Å². The van der Waals surface area contributed by atoms with Crippen LogP contribution in [0.2, 0.25) is 0 Å². The van der Waals surface area contributed by atoms with Crippen LogP contribution < -0.4 is 0 Å². The Bertz CT molecular complexity index is 494. The molecule has 19 heavy (non-hydrogen) atoms. The number of nitro groups is 1. The van der Waals surface area contributed by atoms with Gasteiger partial charge in [0.25, 0.3) is 5.69 Å². The average Bonchev–Trinajstić information content (AvgIpc) is 2.69. The highest BCUT2D eigenvalue weighted by Crippen LogP contribution is 2.69. The highest BCUT2D eigenvalue weighted by molar-refractivity contribution is 5.40. The highest BCUT2D eigenvalue weighted by atomic mass is 16.6. The van der Waals surface area contributed by atoms with E-state index in [-0.39, 0.29) is 27.4 Å². The maximum atomic E-state index is 11.0. The second kappa shape index (κ2) is 4.30. The molecule has 0 bridgehead atoms. The number of hydrogen-bond acceptors (Lipinski definition) is 3. The van der Waals surface area contributed by atoms with Crippen LogP contribution in [-0.2, 0) is 6.42 Å². The molecule has 4 heteroatoms. The molecule has 1 aromatic rings. The van der Waals surface area contributed by atoms with Gasteiger partial charge < -0.3 is 5.11 Å². The molecule has 1 aromatic carbocycles. The minimum atomic E-state index is -0.536. The van der Waals surface area contributed by atoms with Crippen LogP contribution in [0, 0.1) is 26.9 Å². The molecular formula is C15H21NO3. The maximum absolute atomic E-state index is 11.0. The molecule has 0 amide bonds. The number of benzene rings is 1. The molecule has 1 unspecified atom stereocenters. The fraction of sp³-hybridized carbons (Fsp3) is 0.600. The highest BCUT2D eigenvalue weighted by Gasteiger charge is 2.66. The van der Waals surface area contributed by atoms with Crippen molar-refractivity contribution in [2.75, 3.05) is 0 Å². The average molecular weight is 263 g/mol. The van der Waals surface area contributed by atoms with Gasteiger partial charge >= 0.3 is 0 Å². The van der Waals surface area contributed by atoms with E-state index in [9.17, 15) is 15.2 Å². The van der Waals surface area contributed by atoms with E-state index in [1.807, 2.05) is 0 Å². The Morgan fingerprint density at radius 3 is 2.26 bits per heavy atom. The van der Waals surface area contributed by atoms with E-state index in [2.05, 4.69) is 27.7 Å². The Morgan fingerprint density at radius 2 is 1.79 bits per heavy atom. The Balaban J connectivity index is 2.18. The van der Waals surface area contributed by atoms with Crippen LogP contribution in [0.15, 0.2) is 24.3 Å². The van der Waals surface area contributed by atoms with Gasteiger partial charge in [-0.1, -0.05) is 45.9 Å². The molecule has 0 heterocycles. The van der Waals surface area contributed by atoms with E-state index in [1.54, 1.807) is 18.2 Å². The molecular weight excluding hydrogens is 242 g/mol. The van der Waals surface area contributed by atoms with Crippen molar-refractivity contribution in [3.05, 3.63) is 39.9 Å². The zero-order valence-corrected chi connectivity index (χ0v) is 11.9. The van der Waals surface area contributed by atoms with Crippen LogP contribution in [0.5, 0.6) is 0 Å². The molecule has 0 radical (unpaired) electrons. The molecule has 1 aliphatic carbocycles. The van der Waals surface area contributed by atoms with Gasteiger partial charge in [-0.2, -0.15) is 0 Å². The van der Waals surface area contributed by atoms with E-state index in [1.165, 1.54) is 6.07 Å². The normalized spacial score (nSPS) is 21.9. The summed E-state index contributed by atoms with van der Waals surface area (Å²) in [6.45, 7) is 8.56. The number of hydrogen-bond donors (Lipinski definition) is 1. The van der Waals surface area contributed by atoms with Gasteiger partial charge in [0.1, 0.15) is 0 Å². The molecule has 0 saturated heterocycles. The van der Waals surface area contributed by atoms with E-state index in [0.717, 1.165) is 0 Å². The summed E-state index contributed by atoms with van der Waals surface area (Å²) < 4.78 is 0. The molecule has 1 aliphatic rings. The first-order chi connectivity index (χ1) is 8.69. The zero-order chi connectivity index (χ0) is 14.4. The van der Waals surface area contributed by atoms with Crippen molar-refractivity contribution in [3.63, 3.8) is 0 Å². The molecule has 2 rings (SSSR count).